The lowest BCUT2D eigenvalue weighted by molar-refractivity contribution is -0.122. The fourth-order valence-electron chi connectivity index (χ4n) is 2.39. The molecule has 3 rings (SSSR count). The number of amides is 1. The number of carbonyl (C=O) groups is 1. The number of thioether (sulfide) groups is 1. The molecule has 0 radical (unpaired) electrons. The monoisotopic (exact) mass is 416 g/mol. The zero-order chi connectivity index (χ0) is 20.3. The fourth-order valence-corrected chi connectivity index (χ4v) is 3.57. The van der Waals surface area contributed by atoms with Crippen molar-refractivity contribution in [3.63, 3.8) is 0 Å². The standard InChI is InChI=1S/C19H16N2O5S2/c1-25-15-7-11(3-5-13(15)22)9-17-18(24)21(19(27)28-17)20-10-12-4-6-14(23)16(8-12)26-2/h3-10,22-23H,1-2H3/b17-9+,20-10-. The Morgan fingerprint density at radius 2 is 1.61 bits per heavy atom. The predicted molar refractivity (Wildman–Crippen MR) is 112 cm³/mol. The number of aromatic hydroxyl groups is 2. The highest BCUT2D eigenvalue weighted by molar-refractivity contribution is 8.26. The first-order chi connectivity index (χ1) is 13.4. The van der Waals surface area contributed by atoms with Crippen molar-refractivity contribution >= 4 is 46.5 Å². The molecule has 2 aromatic rings. The second kappa shape index (κ2) is 8.32. The summed E-state index contributed by atoms with van der Waals surface area (Å²) in [4.78, 5) is 13.0. The summed E-state index contributed by atoms with van der Waals surface area (Å²) in [6.07, 6.45) is 3.11. The van der Waals surface area contributed by atoms with Crippen molar-refractivity contribution in [1.29, 1.82) is 0 Å². The minimum atomic E-state index is -0.357. The van der Waals surface area contributed by atoms with Gasteiger partial charge in [-0.1, -0.05) is 17.8 Å². The third kappa shape index (κ3) is 4.10. The van der Waals surface area contributed by atoms with E-state index in [1.807, 2.05) is 0 Å². The van der Waals surface area contributed by atoms with Crippen LogP contribution in [0.2, 0.25) is 0 Å². The van der Waals surface area contributed by atoms with Gasteiger partial charge in [-0.05, 0) is 59.8 Å². The largest absolute Gasteiger partial charge is 0.504 e. The van der Waals surface area contributed by atoms with Crippen molar-refractivity contribution in [2.75, 3.05) is 14.2 Å². The van der Waals surface area contributed by atoms with Gasteiger partial charge in [-0.2, -0.15) is 10.1 Å². The number of phenols is 2. The molecule has 0 unspecified atom stereocenters. The maximum absolute atomic E-state index is 12.6. The summed E-state index contributed by atoms with van der Waals surface area (Å²) in [5.74, 6) is 0.279. The van der Waals surface area contributed by atoms with E-state index in [9.17, 15) is 15.0 Å². The second-order valence-corrected chi connectivity index (χ2v) is 7.28. The van der Waals surface area contributed by atoms with Crippen LogP contribution in [0.4, 0.5) is 0 Å². The van der Waals surface area contributed by atoms with Crippen LogP contribution in [-0.4, -0.2) is 45.9 Å². The van der Waals surface area contributed by atoms with Crippen LogP contribution in [0.3, 0.4) is 0 Å². The van der Waals surface area contributed by atoms with Crippen molar-refractivity contribution in [3.05, 3.63) is 52.4 Å². The van der Waals surface area contributed by atoms with Crippen molar-refractivity contribution in [1.82, 2.24) is 5.01 Å². The van der Waals surface area contributed by atoms with Gasteiger partial charge < -0.3 is 19.7 Å². The number of carbonyl (C=O) groups excluding carboxylic acids is 1. The van der Waals surface area contributed by atoms with Crippen LogP contribution in [0.15, 0.2) is 46.4 Å². The number of phenolic OH excluding ortho intramolecular Hbond substituents is 2. The number of nitrogens with zero attached hydrogens (tertiary/aromatic N) is 2. The minimum Gasteiger partial charge on any atom is -0.504 e. The first-order valence-corrected chi connectivity index (χ1v) is 9.21. The molecule has 0 aliphatic carbocycles. The van der Waals surface area contributed by atoms with Gasteiger partial charge in [0.05, 0.1) is 25.3 Å². The van der Waals surface area contributed by atoms with Crippen LogP contribution in [-0.2, 0) is 4.79 Å². The van der Waals surface area contributed by atoms with Gasteiger partial charge >= 0.3 is 0 Å². The van der Waals surface area contributed by atoms with Crippen LogP contribution < -0.4 is 9.47 Å². The number of ether oxygens (including phenoxy) is 2. The Kier molecular flexibility index (Phi) is 5.86. The Hall–Kier alpha value is -3.04. The number of rotatable bonds is 5. The molecule has 0 bridgehead atoms. The summed E-state index contributed by atoms with van der Waals surface area (Å²) >= 11 is 6.38. The van der Waals surface area contributed by atoms with Gasteiger partial charge in [0.15, 0.2) is 27.3 Å². The molecule has 1 fully saturated rings. The molecule has 2 aromatic carbocycles. The van der Waals surface area contributed by atoms with Crippen molar-refractivity contribution in [3.8, 4) is 23.0 Å². The SMILES string of the molecule is COc1cc(/C=N\N2C(=O)/C(=C\c3ccc(O)c(OC)c3)SC2=S)ccc1O. The smallest absolute Gasteiger partial charge is 0.286 e. The van der Waals surface area contributed by atoms with Gasteiger partial charge in [-0.3, -0.25) is 4.79 Å². The molecular formula is C19H16N2O5S2. The van der Waals surface area contributed by atoms with Crippen LogP contribution >= 0.6 is 24.0 Å². The molecule has 0 aromatic heterocycles. The predicted octanol–water partition coefficient (Wildman–Crippen LogP) is 3.35. The Morgan fingerprint density at radius 1 is 1.04 bits per heavy atom. The minimum absolute atomic E-state index is 0.0116. The molecule has 1 heterocycles. The Bertz CT molecular complexity index is 1000. The van der Waals surface area contributed by atoms with Crippen molar-refractivity contribution in [2.24, 2.45) is 5.10 Å². The Labute approximate surface area is 170 Å². The van der Waals surface area contributed by atoms with E-state index in [4.69, 9.17) is 21.7 Å². The number of hydrogen-bond donors (Lipinski definition) is 2. The van der Waals surface area contributed by atoms with Gasteiger partial charge in [-0.15, -0.1) is 0 Å². The molecule has 144 valence electrons. The Balaban J connectivity index is 1.82. The second-order valence-electron chi connectivity index (χ2n) is 5.60. The van der Waals surface area contributed by atoms with Crippen LogP contribution in [0, 0.1) is 0 Å². The Morgan fingerprint density at radius 3 is 2.21 bits per heavy atom. The molecular weight excluding hydrogens is 400 g/mol. The first kappa shape index (κ1) is 19.7. The molecule has 1 aliphatic heterocycles. The average molecular weight is 416 g/mol. The zero-order valence-corrected chi connectivity index (χ0v) is 16.6. The molecule has 2 N–H and O–H groups in total. The molecule has 7 nitrogen and oxygen atoms in total. The van der Waals surface area contributed by atoms with E-state index in [2.05, 4.69) is 5.10 Å². The van der Waals surface area contributed by atoms with Crippen molar-refractivity contribution in [2.45, 2.75) is 0 Å². The van der Waals surface area contributed by atoms with Gasteiger partial charge in [-0.25, -0.2) is 0 Å². The van der Waals surface area contributed by atoms with E-state index in [0.717, 1.165) is 16.8 Å². The van der Waals surface area contributed by atoms with Gasteiger partial charge in [0.2, 0.25) is 0 Å². The fraction of sp³-hybridized carbons (Fsp3) is 0.105. The van der Waals surface area contributed by atoms with Crippen LogP contribution in [0.1, 0.15) is 11.1 Å². The highest BCUT2D eigenvalue weighted by atomic mass is 32.2. The van der Waals surface area contributed by atoms with E-state index in [1.165, 1.54) is 32.6 Å². The highest BCUT2D eigenvalue weighted by Crippen LogP contribution is 2.34. The molecule has 1 amide bonds. The molecule has 28 heavy (non-hydrogen) atoms. The number of hydrogen-bond acceptors (Lipinski definition) is 8. The summed E-state index contributed by atoms with van der Waals surface area (Å²) in [6, 6.07) is 9.47. The first-order valence-electron chi connectivity index (χ1n) is 7.99. The third-order valence-corrected chi connectivity index (χ3v) is 5.08. The molecule has 0 saturated carbocycles. The molecule has 0 atom stereocenters. The number of thiocarbonyl (C=S) groups is 1. The normalized spacial score (nSPS) is 15.6. The van der Waals surface area contributed by atoms with E-state index < -0.39 is 0 Å². The molecule has 1 aliphatic rings. The molecule has 0 spiro atoms. The van der Waals surface area contributed by atoms with Crippen molar-refractivity contribution < 1.29 is 24.5 Å². The van der Waals surface area contributed by atoms with Gasteiger partial charge in [0, 0.05) is 0 Å². The van der Waals surface area contributed by atoms with Gasteiger partial charge in [0.25, 0.3) is 5.91 Å². The zero-order valence-electron chi connectivity index (χ0n) is 14.9. The third-order valence-electron chi connectivity index (χ3n) is 3.80. The molecule has 1 saturated heterocycles. The maximum Gasteiger partial charge on any atom is 0.286 e. The van der Waals surface area contributed by atoms with E-state index >= 15 is 0 Å². The summed E-state index contributed by atoms with van der Waals surface area (Å²) in [5, 5.41) is 24.6. The van der Waals surface area contributed by atoms with E-state index in [-0.39, 0.29) is 17.4 Å². The van der Waals surface area contributed by atoms with Crippen LogP contribution in [0.5, 0.6) is 23.0 Å². The van der Waals surface area contributed by atoms with Gasteiger partial charge in [0.1, 0.15) is 0 Å². The summed E-state index contributed by atoms with van der Waals surface area (Å²) < 4.78 is 10.4. The lowest BCUT2D eigenvalue weighted by Gasteiger charge is -2.07. The average Bonchev–Trinajstić information content (AvgIpc) is 2.95. The summed E-state index contributed by atoms with van der Waals surface area (Å²) in [6.45, 7) is 0. The van der Waals surface area contributed by atoms with Crippen LogP contribution in [0.25, 0.3) is 6.08 Å². The number of methoxy groups -OCH3 is 2. The van der Waals surface area contributed by atoms with E-state index in [0.29, 0.717) is 31.9 Å². The number of hydrazone groups is 1. The lowest BCUT2D eigenvalue weighted by Crippen LogP contribution is -2.22. The topological polar surface area (TPSA) is 91.6 Å². The highest BCUT2D eigenvalue weighted by Gasteiger charge is 2.32. The number of benzene rings is 2. The molecule has 9 heteroatoms. The quantitative estimate of drug-likeness (QED) is 0.439. The summed E-state index contributed by atoms with van der Waals surface area (Å²) in [5.41, 5.74) is 1.32. The maximum atomic E-state index is 12.6. The van der Waals surface area contributed by atoms with E-state index in [1.54, 1.807) is 30.3 Å². The summed E-state index contributed by atoms with van der Waals surface area (Å²) in [7, 11) is 2.90. The lowest BCUT2D eigenvalue weighted by atomic mass is 10.2.